The maximum Gasteiger partial charge on any atom is 0.433 e. The number of hydrogen-bond donors (Lipinski definition) is 0. The number of carbonyl (C=O) groups is 1. The Balaban J connectivity index is 1.55. The largest absolute Gasteiger partial charge is 0.469 e. The lowest BCUT2D eigenvalue weighted by Crippen LogP contribution is -2.47. The van der Waals surface area contributed by atoms with E-state index in [1.54, 1.807) is 9.80 Å². The molecule has 0 amide bonds. The van der Waals surface area contributed by atoms with E-state index in [4.69, 9.17) is 0 Å². The number of fused-ring (bicyclic) bond motifs is 1. The number of ether oxygens (including phenoxy) is 1. The number of halogens is 4. The van der Waals surface area contributed by atoms with Gasteiger partial charge in [-0.25, -0.2) is 9.37 Å². The van der Waals surface area contributed by atoms with Gasteiger partial charge in [-0.15, -0.1) is 0 Å². The van der Waals surface area contributed by atoms with Crippen molar-refractivity contribution >= 4 is 17.7 Å². The summed E-state index contributed by atoms with van der Waals surface area (Å²) in [6, 6.07) is 1.01. The molecule has 1 aromatic rings. The summed E-state index contributed by atoms with van der Waals surface area (Å²) in [6.07, 6.45) is -4.03. The van der Waals surface area contributed by atoms with E-state index in [-0.39, 0.29) is 37.3 Å². The zero-order valence-electron chi connectivity index (χ0n) is 15.0. The highest BCUT2D eigenvalue weighted by Gasteiger charge is 2.70. The Morgan fingerprint density at radius 1 is 1.33 bits per heavy atom. The van der Waals surface area contributed by atoms with Crippen LogP contribution in [0.25, 0.3) is 0 Å². The van der Waals surface area contributed by atoms with Crippen LogP contribution in [-0.2, 0) is 15.7 Å². The van der Waals surface area contributed by atoms with Crippen LogP contribution in [0.1, 0.15) is 25.5 Å². The fourth-order valence-corrected chi connectivity index (χ4v) is 4.09. The molecule has 27 heavy (non-hydrogen) atoms. The van der Waals surface area contributed by atoms with Gasteiger partial charge < -0.3 is 14.5 Å². The molecule has 0 aromatic carbocycles. The molecule has 0 N–H and O–H groups in total. The first kappa shape index (κ1) is 18.2. The van der Waals surface area contributed by atoms with Crippen molar-refractivity contribution in [3.05, 3.63) is 11.8 Å². The molecule has 2 aliphatic heterocycles. The van der Waals surface area contributed by atoms with Crippen LogP contribution in [0, 0.1) is 11.8 Å². The minimum atomic E-state index is -4.59. The first-order chi connectivity index (χ1) is 12.6. The maximum atomic E-state index is 14.8. The maximum absolute atomic E-state index is 14.8. The lowest BCUT2D eigenvalue weighted by molar-refractivity contribution is -0.143. The number of rotatable bonds is 4. The van der Waals surface area contributed by atoms with Crippen molar-refractivity contribution in [3.63, 3.8) is 0 Å². The molecule has 1 saturated carbocycles. The van der Waals surface area contributed by atoms with Gasteiger partial charge in [0.1, 0.15) is 11.5 Å². The third kappa shape index (κ3) is 2.98. The summed E-state index contributed by atoms with van der Waals surface area (Å²) in [5, 5.41) is 0. The van der Waals surface area contributed by atoms with Gasteiger partial charge in [-0.3, -0.25) is 4.79 Å². The second-order valence-electron chi connectivity index (χ2n) is 7.54. The molecule has 1 aliphatic carbocycles. The summed E-state index contributed by atoms with van der Waals surface area (Å²) in [5.74, 6) is -1.20. The van der Waals surface area contributed by atoms with Gasteiger partial charge in [0.05, 0.1) is 13.5 Å². The van der Waals surface area contributed by atoms with Crippen LogP contribution in [0.15, 0.2) is 6.07 Å². The zero-order valence-corrected chi connectivity index (χ0v) is 15.0. The Bertz CT molecular complexity index is 760. The molecule has 3 heterocycles. The molecule has 10 heteroatoms. The van der Waals surface area contributed by atoms with E-state index in [9.17, 15) is 22.4 Å². The first-order valence-corrected chi connectivity index (χ1v) is 8.87. The molecule has 4 atom stereocenters. The van der Waals surface area contributed by atoms with Crippen molar-refractivity contribution in [3.8, 4) is 0 Å². The summed E-state index contributed by atoms with van der Waals surface area (Å²) in [5.41, 5.74) is -2.62. The summed E-state index contributed by atoms with van der Waals surface area (Å²) >= 11 is 0. The molecule has 148 valence electrons. The molecule has 0 radical (unpaired) electrons. The van der Waals surface area contributed by atoms with Gasteiger partial charge in [-0.2, -0.15) is 18.2 Å². The number of piperidine rings is 1. The highest BCUT2D eigenvalue weighted by atomic mass is 19.4. The molecule has 6 nitrogen and oxygen atoms in total. The van der Waals surface area contributed by atoms with Crippen molar-refractivity contribution in [2.45, 2.75) is 37.7 Å². The van der Waals surface area contributed by atoms with E-state index < -0.39 is 35.3 Å². The van der Waals surface area contributed by atoms with E-state index in [0.29, 0.717) is 6.54 Å². The normalized spacial score (nSPS) is 32.1. The standard InChI is InChI=1S/C17H20F4N4O2/c1-9-3-4-25(9)15-22-12(17(19,20)21)5-13(23-15)24-7-10-11(8-24)16(10,18)6-14(26)27-2/h5,9-11H,3-4,6-8H2,1-2H3/t9-,10-,11+,16-/m0/s1. The lowest BCUT2D eigenvalue weighted by atomic mass is 10.1. The monoisotopic (exact) mass is 388 g/mol. The second kappa shape index (κ2) is 5.93. The number of alkyl halides is 4. The van der Waals surface area contributed by atoms with Crippen LogP contribution in [0.2, 0.25) is 0 Å². The Kier molecular flexibility index (Phi) is 4.01. The number of esters is 1. The topological polar surface area (TPSA) is 58.6 Å². The van der Waals surface area contributed by atoms with Crippen molar-refractivity contribution in [1.29, 1.82) is 0 Å². The van der Waals surface area contributed by atoms with Gasteiger partial charge in [0, 0.05) is 43.6 Å². The highest BCUT2D eigenvalue weighted by Crippen LogP contribution is 2.60. The molecule has 2 saturated heterocycles. The van der Waals surface area contributed by atoms with E-state index in [0.717, 1.165) is 12.5 Å². The van der Waals surface area contributed by atoms with Crippen LogP contribution in [0.4, 0.5) is 29.3 Å². The smallest absolute Gasteiger partial charge is 0.433 e. The van der Waals surface area contributed by atoms with Gasteiger partial charge in [-0.1, -0.05) is 0 Å². The van der Waals surface area contributed by atoms with Crippen molar-refractivity contribution in [2.24, 2.45) is 11.8 Å². The lowest BCUT2D eigenvalue weighted by Gasteiger charge is -2.39. The summed E-state index contributed by atoms with van der Waals surface area (Å²) in [6.45, 7) is 2.96. The van der Waals surface area contributed by atoms with Crippen LogP contribution >= 0.6 is 0 Å². The quantitative estimate of drug-likeness (QED) is 0.583. The van der Waals surface area contributed by atoms with E-state index >= 15 is 0 Å². The Labute approximate surface area is 153 Å². The van der Waals surface area contributed by atoms with Crippen LogP contribution in [0.3, 0.4) is 0 Å². The second-order valence-corrected chi connectivity index (χ2v) is 7.54. The average molecular weight is 388 g/mol. The molecule has 3 fully saturated rings. The summed E-state index contributed by atoms with van der Waals surface area (Å²) in [7, 11) is 1.20. The number of aromatic nitrogens is 2. The molecule has 0 bridgehead atoms. The van der Waals surface area contributed by atoms with E-state index in [1.165, 1.54) is 7.11 Å². The third-order valence-corrected chi connectivity index (χ3v) is 5.98. The number of hydrogen-bond acceptors (Lipinski definition) is 6. The fourth-order valence-electron chi connectivity index (χ4n) is 4.09. The van der Waals surface area contributed by atoms with Crippen LogP contribution in [0.5, 0.6) is 0 Å². The predicted molar refractivity (Wildman–Crippen MR) is 88.1 cm³/mol. The number of carbonyl (C=O) groups excluding carboxylic acids is 1. The first-order valence-electron chi connectivity index (χ1n) is 8.87. The molecule has 0 unspecified atom stereocenters. The summed E-state index contributed by atoms with van der Waals surface area (Å²) in [4.78, 5) is 22.7. The van der Waals surface area contributed by atoms with Gasteiger partial charge >= 0.3 is 12.1 Å². The number of nitrogens with zero attached hydrogens (tertiary/aromatic N) is 4. The molecular weight excluding hydrogens is 368 g/mol. The van der Waals surface area contributed by atoms with Crippen LogP contribution < -0.4 is 9.80 Å². The SMILES string of the molecule is COC(=O)C[C@@]1(F)[C@@H]2CN(c3cc(C(F)(F)F)nc(N4CC[C@@H]4C)n3)C[C@@H]21. The minimum absolute atomic E-state index is 0.0558. The number of anilines is 2. The molecule has 1 aromatic heterocycles. The van der Waals surface area contributed by atoms with Gasteiger partial charge in [-0.05, 0) is 13.3 Å². The van der Waals surface area contributed by atoms with Crippen molar-refractivity contribution in [1.82, 2.24) is 9.97 Å². The van der Waals surface area contributed by atoms with Crippen molar-refractivity contribution in [2.75, 3.05) is 36.5 Å². The highest BCUT2D eigenvalue weighted by molar-refractivity contribution is 5.72. The van der Waals surface area contributed by atoms with E-state index in [1.807, 2.05) is 6.92 Å². The Hall–Kier alpha value is -2.13. The third-order valence-electron chi connectivity index (χ3n) is 5.98. The van der Waals surface area contributed by atoms with Gasteiger partial charge in [0.25, 0.3) is 0 Å². The van der Waals surface area contributed by atoms with E-state index in [2.05, 4.69) is 14.7 Å². The number of methoxy groups -OCH3 is 1. The minimum Gasteiger partial charge on any atom is -0.469 e. The summed E-state index contributed by atoms with van der Waals surface area (Å²) < 4.78 is 59.1. The van der Waals surface area contributed by atoms with Crippen molar-refractivity contribution < 1.29 is 27.1 Å². The van der Waals surface area contributed by atoms with Crippen LogP contribution in [-0.4, -0.2) is 54.4 Å². The predicted octanol–water partition coefficient (Wildman–Crippen LogP) is 2.43. The van der Waals surface area contributed by atoms with Gasteiger partial charge in [0.15, 0.2) is 5.69 Å². The zero-order chi connectivity index (χ0) is 19.6. The van der Waals surface area contributed by atoms with Gasteiger partial charge in [0.2, 0.25) is 5.95 Å². The Morgan fingerprint density at radius 2 is 2.00 bits per heavy atom. The Morgan fingerprint density at radius 3 is 2.48 bits per heavy atom. The molecule has 4 rings (SSSR count). The molecular formula is C17H20F4N4O2. The molecule has 3 aliphatic rings. The average Bonchev–Trinajstić information content (AvgIpc) is 2.96. The fraction of sp³-hybridized carbons (Fsp3) is 0.706. The molecule has 0 spiro atoms.